The van der Waals surface area contributed by atoms with Crippen LogP contribution in [0.4, 0.5) is 5.95 Å². The number of hydrogen-bond donors (Lipinski definition) is 2. The Morgan fingerprint density at radius 3 is 2.74 bits per heavy atom. The highest BCUT2D eigenvalue weighted by molar-refractivity contribution is 6.07. The molecule has 1 aliphatic heterocycles. The smallest absolute Gasteiger partial charge is 0.267 e. The number of fused-ring (bicyclic) bond motifs is 4. The highest BCUT2D eigenvalue weighted by Gasteiger charge is 2.24. The highest BCUT2D eigenvalue weighted by Crippen LogP contribution is 2.28. The minimum atomic E-state index is -0.220. The molecule has 3 heterocycles. The van der Waals surface area contributed by atoms with E-state index in [0.717, 1.165) is 41.4 Å². The van der Waals surface area contributed by atoms with Crippen LogP contribution in [-0.4, -0.2) is 58.0 Å². The predicted molar refractivity (Wildman–Crippen MR) is 139 cm³/mol. The fourth-order valence-electron chi connectivity index (χ4n) is 5.19. The summed E-state index contributed by atoms with van der Waals surface area (Å²) in [5, 5.41) is 6.94. The first-order chi connectivity index (χ1) is 16.7. The van der Waals surface area contributed by atoms with Crippen LogP contribution < -0.4 is 10.6 Å². The van der Waals surface area contributed by atoms with Crippen LogP contribution in [-0.2, 0) is 13.1 Å². The summed E-state index contributed by atoms with van der Waals surface area (Å²) >= 11 is 0. The molecule has 0 unspecified atom stereocenters. The zero-order chi connectivity index (χ0) is 24.7. The van der Waals surface area contributed by atoms with Crippen molar-refractivity contribution in [3.05, 3.63) is 59.8 Å². The zero-order valence-electron chi connectivity index (χ0n) is 20.8. The molecule has 0 saturated heterocycles. The summed E-state index contributed by atoms with van der Waals surface area (Å²) in [6.45, 7) is 7.44. The summed E-state index contributed by atoms with van der Waals surface area (Å²) in [6.07, 6.45) is 0.853. The molecular formula is C27H32N6O2. The summed E-state index contributed by atoms with van der Waals surface area (Å²) in [7, 11) is 4.14. The van der Waals surface area contributed by atoms with Crippen molar-refractivity contribution < 1.29 is 9.59 Å². The van der Waals surface area contributed by atoms with Gasteiger partial charge in [0.05, 0.1) is 11.0 Å². The number of aromatic nitrogens is 3. The average molecular weight is 473 g/mol. The molecule has 1 aliphatic rings. The fourth-order valence-corrected chi connectivity index (χ4v) is 5.19. The first-order valence-electron chi connectivity index (χ1n) is 12.0. The lowest BCUT2D eigenvalue weighted by atomic mass is 9.92. The summed E-state index contributed by atoms with van der Waals surface area (Å²) in [4.78, 5) is 32.7. The molecule has 8 heteroatoms. The summed E-state index contributed by atoms with van der Waals surface area (Å²) in [5.74, 6) is 0.248. The van der Waals surface area contributed by atoms with Crippen molar-refractivity contribution in [3.8, 4) is 0 Å². The maximum absolute atomic E-state index is 13.4. The van der Waals surface area contributed by atoms with Crippen LogP contribution in [0.1, 0.15) is 41.1 Å². The number of imidazole rings is 1. The third-order valence-electron chi connectivity index (χ3n) is 6.45. The molecule has 2 N–H and O–H groups in total. The van der Waals surface area contributed by atoms with Gasteiger partial charge in [0.25, 0.3) is 11.8 Å². The zero-order valence-corrected chi connectivity index (χ0v) is 20.8. The molecule has 0 spiro atoms. The van der Waals surface area contributed by atoms with Crippen molar-refractivity contribution in [1.29, 1.82) is 0 Å². The van der Waals surface area contributed by atoms with Gasteiger partial charge in [-0.2, -0.15) is 0 Å². The minimum Gasteiger partial charge on any atom is -0.351 e. The largest absolute Gasteiger partial charge is 0.351 e. The van der Waals surface area contributed by atoms with Gasteiger partial charge in [-0.1, -0.05) is 32.0 Å². The third kappa shape index (κ3) is 4.53. The number of anilines is 1. The van der Waals surface area contributed by atoms with E-state index in [1.165, 1.54) is 0 Å². The van der Waals surface area contributed by atoms with Gasteiger partial charge in [-0.3, -0.25) is 14.9 Å². The summed E-state index contributed by atoms with van der Waals surface area (Å²) in [5.41, 5.74) is 3.88. The topological polar surface area (TPSA) is 84.2 Å². The molecular weight excluding hydrogens is 440 g/mol. The van der Waals surface area contributed by atoms with Gasteiger partial charge in [-0.25, -0.2) is 4.98 Å². The summed E-state index contributed by atoms with van der Waals surface area (Å²) < 4.78 is 4.11. The van der Waals surface area contributed by atoms with E-state index in [-0.39, 0.29) is 17.2 Å². The molecule has 0 aliphatic carbocycles. The van der Waals surface area contributed by atoms with Crippen molar-refractivity contribution in [2.24, 2.45) is 5.41 Å². The number of para-hydroxylation sites is 2. The van der Waals surface area contributed by atoms with Crippen LogP contribution in [0.2, 0.25) is 0 Å². The molecule has 5 rings (SSSR count). The highest BCUT2D eigenvalue weighted by atomic mass is 16.2. The minimum absolute atomic E-state index is 0.0323. The Bertz CT molecular complexity index is 1430. The average Bonchev–Trinajstić information content (AvgIpc) is 3.26. The van der Waals surface area contributed by atoms with Gasteiger partial charge in [0.15, 0.2) is 0 Å². The Balaban J connectivity index is 1.49. The van der Waals surface area contributed by atoms with E-state index in [1.54, 1.807) is 6.07 Å². The van der Waals surface area contributed by atoms with Crippen LogP contribution in [0.3, 0.4) is 0 Å². The Kier molecular flexibility index (Phi) is 5.84. The standard InChI is InChI=1S/C27H32N6O2/c1-27(2,16-31(3)4)17-33-21-9-6-5-8-20(21)29-26(33)30-24(34)19-11-10-18-14-23-25(35)28-12-7-13-32(23)22(18)15-19/h5-6,8-11,14-15H,7,12-13,16-17H2,1-4H3,(H,28,35)(H,29,30,34). The van der Waals surface area contributed by atoms with E-state index >= 15 is 0 Å². The fraction of sp³-hybridized carbons (Fsp3) is 0.370. The molecule has 0 radical (unpaired) electrons. The second kappa shape index (κ2) is 8.85. The van der Waals surface area contributed by atoms with Crippen LogP contribution in [0.25, 0.3) is 21.9 Å². The van der Waals surface area contributed by atoms with Gasteiger partial charge in [0.2, 0.25) is 5.95 Å². The van der Waals surface area contributed by atoms with Crippen molar-refractivity contribution in [3.63, 3.8) is 0 Å². The number of nitrogens with zero attached hydrogens (tertiary/aromatic N) is 4. The molecule has 8 nitrogen and oxygen atoms in total. The number of benzene rings is 2. The number of nitrogens with one attached hydrogen (secondary N) is 2. The van der Waals surface area contributed by atoms with Crippen LogP contribution in [0.5, 0.6) is 0 Å². The first kappa shape index (κ1) is 23.1. The van der Waals surface area contributed by atoms with E-state index in [2.05, 4.69) is 48.0 Å². The Labute approximate surface area is 204 Å². The van der Waals surface area contributed by atoms with Crippen LogP contribution in [0, 0.1) is 5.41 Å². The Morgan fingerprint density at radius 1 is 1.14 bits per heavy atom. The van der Waals surface area contributed by atoms with Gasteiger partial charge < -0.3 is 19.4 Å². The normalized spacial score (nSPS) is 14.3. The van der Waals surface area contributed by atoms with Crippen molar-refractivity contribution in [2.45, 2.75) is 33.4 Å². The maximum atomic E-state index is 13.4. The lowest BCUT2D eigenvalue weighted by molar-refractivity contribution is 0.0950. The van der Waals surface area contributed by atoms with E-state index in [9.17, 15) is 9.59 Å². The van der Waals surface area contributed by atoms with E-state index < -0.39 is 0 Å². The van der Waals surface area contributed by atoms with Crippen molar-refractivity contribution >= 4 is 39.7 Å². The first-order valence-corrected chi connectivity index (χ1v) is 12.0. The molecule has 2 aromatic heterocycles. The molecule has 2 amide bonds. The predicted octanol–water partition coefficient (Wildman–Crippen LogP) is 3.96. The van der Waals surface area contributed by atoms with E-state index in [1.807, 2.05) is 47.0 Å². The lowest BCUT2D eigenvalue weighted by Crippen LogP contribution is -2.33. The number of carbonyl (C=O) groups is 2. The van der Waals surface area contributed by atoms with Crippen LogP contribution >= 0.6 is 0 Å². The van der Waals surface area contributed by atoms with E-state index in [0.29, 0.717) is 30.3 Å². The number of aryl methyl sites for hydroxylation is 1. The molecule has 4 aromatic rings. The molecule has 0 fully saturated rings. The van der Waals surface area contributed by atoms with E-state index in [4.69, 9.17) is 4.98 Å². The van der Waals surface area contributed by atoms with Gasteiger partial charge in [0.1, 0.15) is 5.69 Å². The summed E-state index contributed by atoms with van der Waals surface area (Å²) in [6, 6.07) is 15.4. The van der Waals surface area contributed by atoms with Gasteiger partial charge in [0, 0.05) is 42.6 Å². The van der Waals surface area contributed by atoms with Crippen molar-refractivity contribution in [1.82, 2.24) is 24.3 Å². The molecule has 35 heavy (non-hydrogen) atoms. The number of amides is 2. The monoisotopic (exact) mass is 472 g/mol. The Morgan fingerprint density at radius 2 is 1.94 bits per heavy atom. The van der Waals surface area contributed by atoms with Gasteiger partial charge in [-0.05, 0) is 56.3 Å². The third-order valence-corrected chi connectivity index (χ3v) is 6.45. The Hall–Kier alpha value is -3.65. The molecule has 0 bridgehead atoms. The quantitative estimate of drug-likeness (QED) is 0.445. The SMILES string of the molecule is CN(C)CC(C)(C)Cn1c(NC(=O)c2ccc3cc4n(c3c2)CCCNC4=O)nc2ccccc21. The molecule has 2 aromatic carbocycles. The number of carbonyl (C=O) groups excluding carboxylic acids is 2. The van der Waals surface area contributed by atoms with Crippen LogP contribution in [0.15, 0.2) is 48.5 Å². The molecule has 0 atom stereocenters. The van der Waals surface area contributed by atoms with Crippen molar-refractivity contribution in [2.75, 3.05) is 32.5 Å². The maximum Gasteiger partial charge on any atom is 0.267 e. The number of rotatable bonds is 6. The molecule has 0 saturated carbocycles. The second-order valence-electron chi connectivity index (χ2n) is 10.4. The molecule has 182 valence electrons. The van der Waals surface area contributed by atoms with Gasteiger partial charge >= 0.3 is 0 Å². The van der Waals surface area contributed by atoms with Gasteiger partial charge in [-0.15, -0.1) is 0 Å². The number of hydrogen-bond acceptors (Lipinski definition) is 4. The second-order valence-corrected chi connectivity index (χ2v) is 10.4. The lowest BCUT2D eigenvalue weighted by Gasteiger charge is -2.29.